The molecule has 140 valence electrons. The van der Waals surface area contributed by atoms with Gasteiger partial charge in [0.2, 0.25) is 11.8 Å². The molecule has 0 aliphatic carbocycles. The van der Waals surface area contributed by atoms with Gasteiger partial charge in [-0.25, -0.2) is 0 Å². The van der Waals surface area contributed by atoms with Crippen LogP contribution in [0.4, 0.5) is 11.4 Å². The number of piperidine rings is 1. The number of nitrogens with zero attached hydrogens (tertiary/aromatic N) is 1. The second kappa shape index (κ2) is 8.49. The Morgan fingerprint density at radius 1 is 0.963 bits per heavy atom. The summed E-state index contributed by atoms with van der Waals surface area (Å²) < 4.78 is 0. The van der Waals surface area contributed by atoms with Gasteiger partial charge in [0.05, 0.1) is 5.92 Å². The number of hydrogen-bond acceptors (Lipinski definition) is 3. The van der Waals surface area contributed by atoms with Crippen molar-refractivity contribution in [2.45, 2.75) is 19.8 Å². The fraction of sp³-hybridized carbons (Fsp3) is 0.286. The average Bonchev–Trinajstić information content (AvgIpc) is 2.68. The van der Waals surface area contributed by atoms with Crippen molar-refractivity contribution in [3.05, 3.63) is 60.2 Å². The van der Waals surface area contributed by atoms with Crippen LogP contribution in [-0.2, 0) is 9.59 Å². The molecule has 2 aromatic rings. The number of para-hydroxylation sites is 1. The van der Waals surface area contributed by atoms with Crippen molar-refractivity contribution >= 4 is 29.1 Å². The van der Waals surface area contributed by atoms with Crippen molar-refractivity contribution in [1.82, 2.24) is 4.90 Å². The molecule has 6 heteroatoms. The zero-order chi connectivity index (χ0) is 19.2. The Labute approximate surface area is 158 Å². The minimum atomic E-state index is -0.235. The topological polar surface area (TPSA) is 78.5 Å². The van der Waals surface area contributed by atoms with Crippen LogP contribution in [0.3, 0.4) is 0 Å². The van der Waals surface area contributed by atoms with Gasteiger partial charge in [-0.15, -0.1) is 0 Å². The van der Waals surface area contributed by atoms with E-state index in [0.29, 0.717) is 24.3 Å². The zero-order valence-electron chi connectivity index (χ0n) is 15.3. The van der Waals surface area contributed by atoms with E-state index in [1.54, 1.807) is 29.2 Å². The fourth-order valence-electron chi connectivity index (χ4n) is 3.26. The van der Waals surface area contributed by atoms with Gasteiger partial charge in [-0.2, -0.15) is 0 Å². The molecular weight excluding hydrogens is 342 g/mol. The smallest absolute Gasteiger partial charge is 0.253 e. The number of carbonyl (C=O) groups excluding carboxylic acids is 3. The van der Waals surface area contributed by atoms with Gasteiger partial charge in [0.15, 0.2) is 0 Å². The average molecular weight is 365 g/mol. The van der Waals surface area contributed by atoms with Crippen LogP contribution in [-0.4, -0.2) is 35.7 Å². The van der Waals surface area contributed by atoms with E-state index in [0.717, 1.165) is 18.5 Å². The first-order chi connectivity index (χ1) is 13.0. The molecule has 6 nitrogen and oxygen atoms in total. The molecule has 2 N–H and O–H groups in total. The highest BCUT2D eigenvalue weighted by Gasteiger charge is 2.29. The van der Waals surface area contributed by atoms with Crippen LogP contribution in [0.25, 0.3) is 0 Å². The first-order valence-electron chi connectivity index (χ1n) is 9.06. The Hall–Kier alpha value is -3.15. The van der Waals surface area contributed by atoms with Crippen LogP contribution in [0.2, 0.25) is 0 Å². The number of amides is 3. The van der Waals surface area contributed by atoms with E-state index in [4.69, 9.17) is 0 Å². The largest absolute Gasteiger partial charge is 0.338 e. The number of anilines is 2. The van der Waals surface area contributed by atoms with Gasteiger partial charge in [-0.05, 0) is 43.2 Å². The third kappa shape index (κ3) is 4.94. The summed E-state index contributed by atoms with van der Waals surface area (Å²) in [5.74, 6) is -0.609. The van der Waals surface area contributed by atoms with Crippen molar-refractivity contribution in [1.29, 1.82) is 0 Å². The normalized spacial score (nSPS) is 16.5. The number of likely N-dealkylation sites (tertiary alicyclic amines) is 1. The van der Waals surface area contributed by atoms with Gasteiger partial charge in [0.25, 0.3) is 5.91 Å². The second-order valence-electron chi connectivity index (χ2n) is 6.71. The molecule has 3 rings (SSSR count). The van der Waals surface area contributed by atoms with E-state index in [-0.39, 0.29) is 23.6 Å². The summed E-state index contributed by atoms with van der Waals surface area (Å²) in [6.07, 6.45) is 1.54. The van der Waals surface area contributed by atoms with Gasteiger partial charge in [-0.1, -0.05) is 24.3 Å². The van der Waals surface area contributed by atoms with E-state index in [2.05, 4.69) is 10.6 Å². The van der Waals surface area contributed by atoms with E-state index in [1.165, 1.54) is 6.92 Å². The second-order valence-corrected chi connectivity index (χ2v) is 6.71. The van der Waals surface area contributed by atoms with Gasteiger partial charge in [-0.3, -0.25) is 14.4 Å². The summed E-state index contributed by atoms with van der Waals surface area (Å²) in [4.78, 5) is 38.3. The first kappa shape index (κ1) is 18.6. The fourth-order valence-corrected chi connectivity index (χ4v) is 3.26. The predicted octanol–water partition coefficient (Wildman–Crippen LogP) is 3.14. The Kier molecular flexibility index (Phi) is 5.86. The molecule has 1 saturated heterocycles. The third-order valence-electron chi connectivity index (χ3n) is 4.55. The van der Waals surface area contributed by atoms with Crippen molar-refractivity contribution in [3.63, 3.8) is 0 Å². The maximum atomic E-state index is 12.8. The molecule has 27 heavy (non-hydrogen) atoms. The lowest BCUT2D eigenvalue weighted by atomic mass is 9.96. The number of benzene rings is 2. The SMILES string of the molecule is CC(=O)Nc1cccc(C(=O)N2CCC[C@@H](C(=O)Nc3ccccc3)C2)c1. The van der Waals surface area contributed by atoms with Crippen molar-refractivity contribution in [3.8, 4) is 0 Å². The zero-order valence-corrected chi connectivity index (χ0v) is 15.3. The van der Waals surface area contributed by atoms with Crippen molar-refractivity contribution in [2.24, 2.45) is 5.92 Å². The molecule has 0 radical (unpaired) electrons. The standard InChI is InChI=1S/C21H23N3O3/c1-15(25)22-19-11-5-7-16(13-19)21(27)24-12-6-8-17(14-24)20(26)23-18-9-3-2-4-10-18/h2-5,7,9-11,13,17H,6,8,12,14H2,1H3,(H,22,25)(H,23,26)/t17-/m1/s1. The molecule has 0 bridgehead atoms. The molecule has 1 heterocycles. The summed E-state index contributed by atoms with van der Waals surface area (Å²) in [5.41, 5.74) is 1.85. The minimum Gasteiger partial charge on any atom is -0.338 e. The highest BCUT2D eigenvalue weighted by Crippen LogP contribution is 2.21. The van der Waals surface area contributed by atoms with Gasteiger partial charge in [0.1, 0.15) is 0 Å². The van der Waals surface area contributed by atoms with E-state index in [1.807, 2.05) is 30.3 Å². The van der Waals surface area contributed by atoms with Crippen LogP contribution in [0.5, 0.6) is 0 Å². The highest BCUT2D eigenvalue weighted by molar-refractivity contribution is 5.98. The lowest BCUT2D eigenvalue weighted by molar-refractivity contribution is -0.121. The van der Waals surface area contributed by atoms with Crippen LogP contribution in [0, 0.1) is 5.92 Å². The quantitative estimate of drug-likeness (QED) is 0.874. The molecule has 3 amide bonds. The van der Waals surface area contributed by atoms with Gasteiger partial charge < -0.3 is 15.5 Å². The summed E-state index contributed by atoms with van der Waals surface area (Å²) in [6, 6.07) is 16.2. The summed E-state index contributed by atoms with van der Waals surface area (Å²) >= 11 is 0. The van der Waals surface area contributed by atoms with E-state index in [9.17, 15) is 14.4 Å². The molecule has 1 atom stereocenters. The first-order valence-corrected chi connectivity index (χ1v) is 9.06. The molecule has 1 aliphatic rings. The molecule has 1 fully saturated rings. The third-order valence-corrected chi connectivity index (χ3v) is 4.55. The predicted molar refractivity (Wildman–Crippen MR) is 104 cm³/mol. The molecular formula is C21H23N3O3. The number of carbonyl (C=O) groups is 3. The van der Waals surface area contributed by atoms with Crippen LogP contribution >= 0.6 is 0 Å². The lowest BCUT2D eigenvalue weighted by Crippen LogP contribution is -2.43. The monoisotopic (exact) mass is 365 g/mol. The Balaban J connectivity index is 1.66. The molecule has 0 saturated carbocycles. The Morgan fingerprint density at radius 2 is 1.70 bits per heavy atom. The van der Waals surface area contributed by atoms with Crippen LogP contribution in [0.15, 0.2) is 54.6 Å². The highest BCUT2D eigenvalue weighted by atomic mass is 16.2. The molecule has 0 unspecified atom stereocenters. The number of nitrogens with one attached hydrogen (secondary N) is 2. The Bertz CT molecular complexity index is 836. The summed E-state index contributed by atoms with van der Waals surface area (Å²) in [6.45, 7) is 2.44. The van der Waals surface area contributed by atoms with Gasteiger partial charge in [0, 0.05) is 37.0 Å². The summed E-state index contributed by atoms with van der Waals surface area (Å²) in [7, 11) is 0. The van der Waals surface area contributed by atoms with Gasteiger partial charge >= 0.3 is 0 Å². The molecule has 0 aromatic heterocycles. The molecule has 2 aromatic carbocycles. The van der Waals surface area contributed by atoms with E-state index >= 15 is 0 Å². The summed E-state index contributed by atoms with van der Waals surface area (Å²) in [5, 5.41) is 5.60. The maximum absolute atomic E-state index is 12.8. The van der Waals surface area contributed by atoms with Crippen LogP contribution in [0.1, 0.15) is 30.1 Å². The number of rotatable bonds is 4. The lowest BCUT2D eigenvalue weighted by Gasteiger charge is -2.32. The van der Waals surface area contributed by atoms with Crippen molar-refractivity contribution in [2.75, 3.05) is 23.7 Å². The minimum absolute atomic E-state index is 0.0642. The molecule has 0 spiro atoms. The van der Waals surface area contributed by atoms with E-state index < -0.39 is 0 Å². The number of hydrogen-bond donors (Lipinski definition) is 2. The van der Waals surface area contributed by atoms with Crippen molar-refractivity contribution < 1.29 is 14.4 Å². The maximum Gasteiger partial charge on any atom is 0.253 e. The Morgan fingerprint density at radius 3 is 2.44 bits per heavy atom. The molecule has 1 aliphatic heterocycles. The van der Waals surface area contributed by atoms with Crippen LogP contribution < -0.4 is 10.6 Å².